The maximum atomic E-state index is 11.9. The average molecular weight is 318 g/mol. The second-order valence-electron chi connectivity index (χ2n) is 9.16. The Labute approximate surface area is 138 Å². The number of fused-ring (bicyclic) bond motifs is 5. The van der Waals surface area contributed by atoms with Gasteiger partial charge in [0.15, 0.2) is 0 Å². The molecule has 4 heteroatoms. The number of primary amides is 1. The summed E-state index contributed by atoms with van der Waals surface area (Å²) in [6.45, 7) is 4.74. The van der Waals surface area contributed by atoms with E-state index in [9.17, 15) is 9.59 Å². The third-order valence-corrected chi connectivity index (χ3v) is 8.44. The molecular weight excluding hydrogens is 288 g/mol. The van der Waals surface area contributed by atoms with Gasteiger partial charge in [0.1, 0.15) is 0 Å². The Morgan fingerprint density at radius 2 is 1.78 bits per heavy atom. The van der Waals surface area contributed by atoms with Crippen molar-refractivity contribution in [2.45, 2.75) is 71.3 Å². The van der Waals surface area contributed by atoms with Crippen LogP contribution in [0.5, 0.6) is 0 Å². The number of nitrogens with two attached hydrogens (primary N) is 1. The molecule has 2 amide bonds. The maximum absolute atomic E-state index is 11.9. The molecule has 3 aliphatic carbocycles. The van der Waals surface area contributed by atoms with Gasteiger partial charge in [-0.05, 0) is 73.5 Å². The van der Waals surface area contributed by atoms with Crippen LogP contribution in [0.4, 0.5) is 0 Å². The third kappa shape index (κ3) is 2.02. The summed E-state index contributed by atoms with van der Waals surface area (Å²) in [4.78, 5) is 23.7. The lowest BCUT2D eigenvalue weighted by Gasteiger charge is -2.60. The number of hydrogen-bond acceptors (Lipinski definition) is 2. The fraction of sp³-hybridized carbons (Fsp3) is 0.895. The summed E-state index contributed by atoms with van der Waals surface area (Å²) in [6.07, 6.45) is 8.51. The van der Waals surface area contributed by atoms with Crippen molar-refractivity contribution in [3.63, 3.8) is 0 Å². The quantitative estimate of drug-likeness (QED) is 0.780. The summed E-state index contributed by atoms with van der Waals surface area (Å²) in [7, 11) is 0. The molecule has 2 unspecified atom stereocenters. The summed E-state index contributed by atoms with van der Waals surface area (Å²) in [5, 5.41) is 3.28. The Balaban J connectivity index is 1.63. The molecule has 0 aromatic carbocycles. The van der Waals surface area contributed by atoms with Crippen molar-refractivity contribution < 1.29 is 9.59 Å². The smallest absolute Gasteiger partial charge is 0.221 e. The monoisotopic (exact) mass is 318 g/mol. The molecule has 0 aromatic rings. The highest BCUT2D eigenvalue weighted by Gasteiger charge is 2.61. The number of carbonyl (C=O) groups is 2. The lowest BCUT2D eigenvalue weighted by atomic mass is 9.47. The van der Waals surface area contributed by atoms with E-state index in [4.69, 9.17) is 5.73 Å². The molecule has 0 bridgehead atoms. The minimum Gasteiger partial charge on any atom is -0.369 e. The molecule has 3 N–H and O–H groups in total. The summed E-state index contributed by atoms with van der Waals surface area (Å²) < 4.78 is 0. The van der Waals surface area contributed by atoms with E-state index in [1.54, 1.807) is 0 Å². The fourth-order valence-corrected chi connectivity index (χ4v) is 7.17. The normalized spacial score (nSPS) is 52.1. The first kappa shape index (κ1) is 15.5. The number of nitrogens with one attached hydrogen (secondary N) is 1. The van der Waals surface area contributed by atoms with E-state index >= 15 is 0 Å². The van der Waals surface area contributed by atoms with Gasteiger partial charge in [-0.25, -0.2) is 0 Å². The van der Waals surface area contributed by atoms with Gasteiger partial charge >= 0.3 is 0 Å². The zero-order valence-electron chi connectivity index (χ0n) is 14.4. The highest BCUT2D eigenvalue weighted by Crippen LogP contribution is 2.65. The Hall–Kier alpha value is -1.06. The van der Waals surface area contributed by atoms with Crippen molar-refractivity contribution in [2.24, 2.45) is 40.2 Å². The van der Waals surface area contributed by atoms with Gasteiger partial charge in [0, 0.05) is 18.4 Å². The minimum atomic E-state index is -0.0849. The van der Waals surface area contributed by atoms with Gasteiger partial charge in [-0.2, -0.15) is 0 Å². The van der Waals surface area contributed by atoms with E-state index in [2.05, 4.69) is 19.2 Å². The van der Waals surface area contributed by atoms with E-state index in [1.807, 2.05) is 0 Å². The van der Waals surface area contributed by atoms with Crippen molar-refractivity contribution in [1.29, 1.82) is 0 Å². The number of carbonyl (C=O) groups excluding carboxylic acids is 2. The number of piperidine rings is 1. The molecule has 1 heterocycles. The topological polar surface area (TPSA) is 72.2 Å². The van der Waals surface area contributed by atoms with Crippen LogP contribution in [0.15, 0.2) is 0 Å². The number of hydrogen-bond donors (Lipinski definition) is 2. The van der Waals surface area contributed by atoms with Gasteiger partial charge in [-0.3, -0.25) is 9.59 Å². The van der Waals surface area contributed by atoms with Crippen LogP contribution >= 0.6 is 0 Å². The molecule has 0 spiro atoms. The highest BCUT2D eigenvalue weighted by molar-refractivity contribution is 5.78. The first-order valence-corrected chi connectivity index (χ1v) is 9.45. The molecule has 4 rings (SSSR count). The molecule has 4 aliphatic rings. The minimum absolute atomic E-state index is 0.0741. The second kappa shape index (κ2) is 4.97. The largest absolute Gasteiger partial charge is 0.369 e. The van der Waals surface area contributed by atoms with Gasteiger partial charge in [0.25, 0.3) is 0 Å². The van der Waals surface area contributed by atoms with Gasteiger partial charge in [0.2, 0.25) is 11.8 Å². The van der Waals surface area contributed by atoms with Gasteiger partial charge in [0.05, 0.1) is 0 Å². The first-order valence-electron chi connectivity index (χ1n) is 9.45. The fourth-order valence-electron chi connectivity index (χ4n) is 7.17. The lowest BCUT2D eigenvalue weighted by Crippen LogP contribution is -2.61. The molecule has 1 aliphatic heterocycles. The van der Waals surface area contributed by atoms with Crippen molar-refractivity contribution in [1.82, 2.24) is 5.32 Å². The van der Waals surface area contributed by atoms with Crippen molar-refractivity contribution in [2.75, 3.05) is 0 Å². The molecule has 23 heavy (non-hydrogen) atoms. The van der Waals surface area contributed by atoms with Crippen LogP contribution < -0.4 is 11.1 Å². The molecule has 0 aromatic heterocycles. The number of rotatable bonds is 1. The van der Waals surface area contributed by atoms with E-state index in [1.165, 1.54) is 19.3 Å². The van der Waals surface area contributed by atoms with Gasteiger partial charge < -0.3 is 11.1 Å². The van der Waals surface area contributed by atoms with Crippen LogP contribution in [0, 0.1) is 34.5 Å². The lowest BCUT2D eigenvalue weighted by molar-refractivity contribution is -0.140. The molecular formula is C19H30N2O2. The second-order valence-corrected chi connectivity index (χ2v) is 9.16. The molecule has 4 nitrogen and oxygen atoms in total. The van der Waals surface area contributed by atoms with E-state index in [-0.39, 0.29) is 28.6 Å². The van der Waals surface area contributed by atoms with Gasteiger partial charge in [-0.1, -0.05) is 13.8 Å². The Morgan fingerprint density at radius 3 is 2.52 bits per heavy atom. The standard InChI is InChI=1S/C19H30N2O2/c1-18-9-7-13-11(12(18)4-5-14(18)17(20)23)3-6-15-19(13,2)10-8-16(22)21-15/h11-15H,3-10H2,1-2H3,(H2,20,23)(H,21,22)/t11-,12-,13+,14?,15?,18-,19+/m0/s1. The predicted molar refractivity (Wildman–Crippen MR) is 88.2 cm³/mol. The molecule has 3 saturated carbocycles. The Morgan fingerprint density at radius 1 is 1.04 bits per heavy atom. The highest BCUT2D eigenvalue weighted by atomic mass is 16.2. The van der Waals surface area contributed by atoms with Crippen molar-refractivity contribution >= 4 is 11.8 Å². The van der Waals surface area contributed by atoms with Crippen LogP contribution in [0.25, 0.3) is 0 Å². The zero-order chi connectivity index (χ0) is 16.4. The first-order chi connectivity index (χ1) is 10.9. The average Bonchev–Trinajstić information content (AvgIpc) is 2.85. The van der Waals surface area contributed by atoms with Crippen LogP contribution in [0.3, 0.4) is 0 Å². The third-order valence-electron chi connectivity index (χ3n) is 8.44. The van der Waals surface area contributed by atoms with E-state index in [0.717, 1.165) is 25.7 Å². The molecule has 0 radical (unpaired) electrons. The maximum Gasteiger partial charge on any atom is 0.221 e. The number of amides is 2. The molecule has 1 saturated heterocycles. The Bertz CT molecular complexity index is 547. The SMILES string of the molecule is C[C@]12CCC(=O)NC1CC[C@@H]1[C@H]2CC[C@]2(C)C(C(N)=O)CC[C@@H]12. The molecule has 4 fully saturated rings. The summed E-state index contributed by atoms with van der Waals surface area (Å²) in [5.74, 6) is 2.29. The van der Waals surface area contributed by atoms with Crippen LogP contribution in [0.2, 0.25) is 0 Å². The van der Waals surface area contributed by atoms with E-state index < -0.39 is 0 Å². The molecule has 7 atom stereocenters. The zero-order valence-corrected chi connectivity index (χ0v) is 14.4. The Kier molecular flexibility index (Phi) is 3.34. The summed E-state index contributed by atoms with van der Waals surface area (Å²) in [5.41, 5.74) is 6.09. The van der Waals surface area contributed by atoms with Crippen LogP contribution in [0.1, 0.15) is 65.2 Å². The van der Waals surface area contributed by atoms with E-state index in [0.29, 0.717) is 30.2 Å². The van der Waals surface area contributed by atoms with Gasteiger partial charge in [-0.15, -0.1) is 0 Å². The van der Waals surface area contributed by atoms with Crippen molar-refractivity contribution in [3.8, 4) is 0 Å². The molecule has 128 valence electrons. The summed E-state index contributed by atoms with van der Waals surface area (Å²) >= 11 is 0. The van der Waals surface area contributed by atoms with Crippen LogP contribution in [-0.2, 0) is 9.59 Å². The summed E-state index contributed by atoms with van der Waals surface area (Å²) in [6, 6.07) is 0.364. The predicted octanol–water partition coefficient (Wildman–Crippen LogP) is 2.61. The van der Waals surface area contributed by atoms with Crippen LogP contribution in [-0.4, -0.2) is 17.9 Å². The van der Waals surface area contributed by atoms with Crippen molar-refractivity contribution in [3.05, 3.63) is 0 Å².